The molecular formula is C18H14ClNO. The van der Waals surface area contributed by atoms with Crippen LogP contribution in [0.5, 0.6) is 0 Å². The van der Waals surface area contributed by atoms with Gasteiger partial charge in [-0.2, -0.15) is 0 Å². The minimum absolute atomic E-state index is 0.0346. The second kappa shape index (κ2) is 5.23. The summed E-state index contributed by atoms with van der Waals surface area (Å²) in [4.78, 5) is 12.8. The van der Waals surface area contributed by atoms with Crippen LogP contribution in [0.3, 0.4) is 0 Å². The second-order valence-electron chi connectivity index (χ2n) is 5.04. The summed E-state index contributed by atoms with van der Waals surface area (Å²) in [7, 11) is 0. The Morgan fingerprint density at radius 2 is 1.67 bits per heavy atom. The van der Waals surface area contributed by atoms with Crippen molar-refractivity contribution < 1.29 is 4.79 Å². The third kappa shape index (κ3) is 2.39. The Balaban J connectivity index is 2.23. The van der Waals surface area contributed by atoms with Crippen molar-refractivity contribution in [3.8, 4) is 0 Å². The Morgan fingerprint density at radius 1 is 0.952 bits per heavy atom. The fourth-order valence-electron chi connectivity index (χ4n) is 2.49. The molecule has 2 N–H and O–H groups in total. The SMILES string of the molecule is Cc1ccc(N)cc1C(=O)c1ccc(Cl)c2ccccc12. The number of benzene rings is 3. The first-order chi connectivity index (χ1) is 10.1. The molecule has 0 heterocycles. The highest BCUT2D eigenvalue weighted by Crippen LogP contribution is 2.28. The van der Waals surface area contributed by atoms with Crippen LogP contribution in [0.4, 0.5) is 5.69 Å². The summed E-state index contributed by atoms with van der Waals surface area (Å²) in [6.45, 7) is 1.91. The molecule has 3 aromatic rings. The molecule has 0 aromatic heterocycles. The number of anilines is 1. The summed E-state index contributed by atoms with van der Waals surface area (Å²) in [6.07, 6.45) is 0. The van der Waals surface area contributed by atoms with Gasteiger partial charge in [-0.05, 0) is 42.1 Å². The molecule has 0 atom stereocenters. The van der Waals surface area contributed by atoms with E-state index in [9.17, 15) is 4.79 Å². The third-order valence-electron chi connectivity index (χ3n) is 3.62. The molecule has 3 aromatic carbocycles. The number of carbonyl (C=O) groups is 1. The van der Waals surface area contributed by atoms with Gasteiger partial charge in [-0.25, -0.2) is 0 Å². The van der Waals surface area contributed by atoms with Crippen molar-refractivity contribution in [1.82, 2.24) is 0 Å². The molecule has 0 aliphatic rings. The molecule has 0 saturated heterocycles. The van der Waals surface area contributed by atoms with Crippen LogP contribution in [0, 0.1) is 6.92 Å². The molecule has 104 valence electrons. The van der Waals surface area contributed by atoms with E-state index in [1.165, 1.54) is 0 Å². The zero-order valence-electron chi connectivity index (χ0n) is 11.6. The summed E-state index contributed by atoms with van der Waals surface area (Å²) >= 11 is 6.20. The lowest BCUT2D eigenvalue weighted by Gasteiger charge is -2.10. The van der Waals surface area contributed by atoms with Gasteiger partial charge in [0.25, 0.3) is 0 Å². The monoisotopic (exact) mass is 295 g/mol. The third-order valence-corrected chi connectivity index (χ3v) is 3.95. The van der Waals surface area contributed by atoms with Gasteiger partial charge in [-0.1, -0.05) is 41.9 Å². The molecule has 0 fully saturated rings. The number of nitrogens with two attached hydrogens (primary N) is 1. The van der Waals surface area contributed by atoms with Crippen molar-refractivity contribution in [1.29, 1.82) is 0 Å². The maximum atomic E-state index is 12.8. The Bertz CT molecular complexity index is 855. The molecule has 0 saturated carbocycles. The maximum Gasteiger partial charge on any atom is 0.193 e. The molecule has 0 unspecified atom stereocenters. The predicted octanol–water partition coefficient (Wildman–Crippen LogP) is 4.61. The largest absolute Gasteiger partial charge is 0.399 e. The number of hydrogen-bond acceptors (Lipinski definition) is 2. The van der Waals surface area contributed by atoms with Crippen molar-refractivity contribution in [2.24, 2.45) is 0 Å². The fraction of sp³-hybridized carbons (Fsp3) is 0.0556. The van der Waals surface area contributed by atoms with Gasteiger partial charge < -0.3 is 5.73 Å². The Hall–Kier alpha value is -2.32. The number of rotatable bonds is 2. The van der Waals surface area contributed by atoms with E-state index in [1.54, 1.807) is 24.3 Å². The quantitative estimate of drug-likeness (QED) is 0.554. The standard InChI is InChI=1S/C18H14ClNO/c1-11-6-7-12(20)10-16(11)18(21)15-8-9-17(19)14-5-3-2-4-13(14)15/h2-10H,20H2,1H3. The van der Waals surface area contributed by atoms with Crippen LogP contribution in [0.1, 0.15) is 21.5 Å². The molecule has 0 aliphatic carbocycles. The van der Waals surface area contributed by atoms with Crippen LogP contribution in [-0.2, 0) is 0 Å². The van der Waals surface area contributed by atoms with Crippen LogP contribution in [0.25, 0.3) is 10.8 Å². The first kappa shape index (κ1) is 13.7. The van der Waals surface area contributed by atoms with Crippen molar-refractivity contribution in [2.75, 3.05) is 5.73 Å². The van der Waals surface area contributed by atoms with Crippen molar-refractivity contribution in [3.63, 3.8) is 0 Å². The lowest BCUT2D eigenvalue weighted by atomic mass is 9.94. The van der Waals surface area contributed by atoms with Crippen molar-refractivity contribution in [2.45, 2.75) is 6.92 Å². The van der Waals surface area contributed by atoms with Gasteiger partial charge in [-0.3, -0.25) is 4.79 Å². The van der Waals surface area contributed by atoms with Gasteiger partial charge >= 0.3 is 0 Å². The second-order valence-corrected chi connectivity index (χ2v) is 5.45. The van der Waals surface area contributed by atoms with E-state index in [4.69, 9.17) is 17.3 Å². The van der Waals surface area contributed by atoms with E-state index in [2.05, 4.69) is 0 Å². The number of ketones is 1. The predicted molar refractivity (Wildman–Crippen MR) is 88.0 cm³/mol. The number of aryl methyl sites for hydroxylation is 1. The maximum absolute atomic E-state index is 12.8. The highest BCUT2D eigenvalue weighted by molar-refractivity contribution is 6.36. The van der Waals surface area contributed by atoms with E-state index < -0.39 is 0 Å². The first-order valence-corrected chi connectivity index (χ1v) is 7.04. The minimum Gasteiger partial charge on any atom is -0.399 e. The molecule has 0 bridgehead atoms. The van der Waals surface area contributed by atoms with Crippen LogP contribution in [0.15, 0.2) is 54.6 Å². The highest BCUT2D eigenvalue weighted by atomic mass is 35.5. The Kier molecular flexibility index (Phi) is 3.40. The zero-order chi connectivity index (χ0) is 15.0. The van der Waals surface area contributed by atoms with Crippen molar-refractivity contribution in [3.05, 3.63) is 76.3 Å². The lowest BCUT2D eigenvalue weighted by molar-refractivity contribution is 0.104. The van der Waals surface area contributed by atoms with Crippen molar-refractivity contribution >= 4 is 33.8 Å². The molecule has 0 amide bonds. The number of carbonyl (C=O) groups excluding carboxylic acids is 1. The summed E-state index contributed by atoms with van der Waals surface area (Å²) in [5.74, 6) is -0.0346. The van der Waals surface area contributed by atoms with Gasteiger partial charge in [0.05, 0.1) is 0 Å². The fourth-order valence-corrected chi connectivity index (χ4v) is 2.72. The summed E-state index contributed by atoms with van der Waals surface area (Å²) in [5.41, 5.74) is 8.57. The summed E-state index contributed by atoms with van der Waals surface area (Å²) < 4.78 is 0. The smallest absolute Gasteiger partial charge is 0.193 e. The van der Waals surface area contributed by atoms with Gasteiger partial charge in [0.2, 0.25) is 0 Å². The van der Waals surface area contributed by atoms with Gasteiger partial charge in [0.1, 0.15) is 0 Å². The van der Waals surface area contributed by atoms with E-state index in [0.29, 0.717) is 21.8 Å². The summed E-state index contributed by atoms with van der Waals surface area (Å²) in [5, 5.41) is 2.38. The molecule has 3 heteroatoms. The summed E-state index contributed by atoms with van der Waals surface area (Å²) in [6, 6.07) is 16.6. The molecule has 0 aliphatic heterocycles. The van der Waals surface area contributed by atoms with Crippen LogP contribution in [0.2, 0.25) is 5.02 Å². The van der Waals surface area contributed by atoms with E-state index in [0.717, 1.165) is 16.3 Å². The zero-order valence-corrected chi connectivity index (χ0v) is 12.3. The van der Waals surface area contributed by atoms with Gasteiger partial charge in [0, 0.05) is 27.2 Å². The average Bonchev–Trinajstić information content (AvgIpc) is 2.50. The minimum atomic E-state index is -0.0346. The van der Waals surface area contributed by atoms with E-state index >= 15 is 0 Å². The van der Waals surface area contributed by atoms with Crippen LogP contribution in [-0.4, -0.2) is 5.78 Å². The molecule has 3 rings (SSSR count). The van der Waals surface area contributed by atoms with Crippen LogP contribution < -0.4 is 5.73 Å². The number of nitrogen functional groups attached to an aromatic ring is 1. The number of fused-ring (bicyclic) bond motifs is 1. The average molecular weight is 296 g/mol. The number of hydrogen-bond donors (Lipinski definition) is 1. The molecule has 21 heavy (non-hydrogen) atoms. The van der Waals surface area contributed by atoms with Gasteiger partial charge in [-0.15, -0.1) is 0 Å². The van der Waals surface area contributed by atoms with E-state index in [1.807, 2.05) is 37.3 Å². The lowest BCUT2D eigenvalue weighted by Crippen LogP contribution is -2.05. The number of halogens is 1. The molecule has 0 spiro atoms. The molecule has 0 radical (unpaired) electrons. The van der Waals surface area contributed by atoms with Gasteiger partial charge in [0.15, 0.2) is 5.78 Å². The normalized spacial score (nSPS) is 10.8. The highest BCUT2D eigenvalue weighted by Gasteiger charge is 2.15. The molecule has 2 nitrogen and oxygen atoms in total. The first-order valence-electron chi connectivity index (χ1n) is 6.66. The Morgan fingerprint density at radius 3 is 2.43 bits per heavy atom. The van der Waals surface area contributed by atoms with E-state index in [-0.39, 0.29) is 5.78 Å². The Labute approximate surface area is 128 Å². The topological polar surface area (TPSA) is 43.1 Å². The molecular weight excluding hydrogens is 282 g/mol. The van der Waals surface area contributed by atoms with Crippen LogP contribution >= 0.6 is 11.6 Å².